The van der Waals surface area contributed by atoms with Gasteiger partial charge in [-0.2, -0.15) is 0 Å². The Morgan fingerprint density at radius 2 is 1.88 bits per heavy atom. The first kappa shape index (κ1) is 18.5. The number of aliphatic carboxylic acids is 1. The van der Waals surface area contributed by atoms with Crippen LogP contribution in [-0.4, -0.2) is 48.7 Å². The lowest BCUT2D eigenvalue weighted by Gasteiger charge is -2.39. The number of carbonyl (C=O) groups excluding carboxylic acids is 1. The monoisotopic (exact) mass is 333 g/mol. The van der Waals surface area contributed by atoms with Gasteiger partial charge >= 0.3 is 5.97 Å². The van der Waals surface area contributed by atoms with Crippen LogP contribution in [0.4, 0.5) is 0 Å². The molecule has 1 amide bonds. The van der Waals surface area contributed by atoms with E-state index >= 15 is 0 Å². The van der Waals surface area contributed by atoms with Crippen molar-refractivity contribution < 1.29 is 19.4 Å². The molecule has 24 heavy (non-hydrogen) atoms. The minimum atomic E-state index is -0.986. The first-order valence-electron chi connectivity index (χ1n) is 8.36. The van der Waals surface area contributed by atoms with E-state index in [-0.39, 0.29) is 19.1 Å². The molecule has 132 valence electrons. The van der Waals surface area contributed by atoms with Crippen LogP contribution in [0.15, 0.2) is 12.1 Å². The van der Waals surface area contributed by atoms with E-state index in [1.54, 1.807) is 4.90 Å². The fraction of sp³-hybridized carbons (Fsp3) is 0.579. The zero-order valence-corrected chi connectivity index (χ0v) is 15.0. The highest BCUT2D eigenvalue weighted by atomic mass is 16.5. The summed E-state index contributed by atoms with van der Waals surface area (Å²) in [5.74, 6) is -0.893. The van der Waals surface area contributed by atoms with E-state index in [2.05, 4.69) is 12.1 Å². The first-order valence-corrected chi connectivity index (χ1v) is 8.36. The topological polar surface area (TPSA) is 66.8 Å². The van der Waals surface area contributed by atoms with Crippen LogP contribution in [0.2, 0.25) is 0 Å². The van der Waals surface area contributed by atoms with Crippen LogP contribution in [0.5, 0.6) is 0 Å². The Hall–Kier alpha value is -1.88. The second-order valence-electron chi connectivity index (χ2n) is 6.99. The highest BCUT2D eigenvalue weighted by Crippen LogP contribution is 2.31. The number of nitrogens with zero attached hydrogens (tertiary/aromatic N) is 1. The van der Waals surface area contributed by atoms with Crippen LogP contribution in [0, 0.1) is 26.2 Å². The predicted molar refractivity (Wildman–Crippen MR) is 92.1 cm³/mol. The number of piperidine rings is 1. The van der Waals surface area contributed by atoms with E-state index in [0.717, 1.165) is 16.7 Å². The molecule has 1 aliphatic rings. The number of rotatable bonds is 5. The number of carboxylic acids is 1. The maximum atomic E-state index is 12.8. The number of hydrogen-bond acceptors (Lipinski definition) is 3. The Kier molecular flexibility index (Phi) is 5.65. The van der Waals surface area contributed by atoms with E-state index in [1.165, 1.54) is 12.7 Å². The second-order valence-corrected chi connectivity index (χ2v) is 6.99. The molecule has 5 nitrogen and oxygen atoms in total. The third kappa shape index (κ3) is 3.78. The van der Waals surface area contributed by atoms with Crippen molar-refractivity contribution in [2.75, 3.05) is 26.8 Å². The summed E-state index contributed by atoms with van der Waals surface area (Å²) in [4.78, 5) is 26.2. The second kappa shape index (κ2) is 7.34. The number of ether oxygens (including phenoxy) is 1. The van der Waals surface area contributed by atoms with Crippen molar-refractivity contribution in [3.63, 3.8) is 0 Å². The summed E-state index contributed by atoms with van der Waals surface area (Å²) in [6.07, 6.45) is 1.55. The molecule has 1 fully saturated rings. The summed E-state index contributed by atoms with van der Waals surface area (Å²) in [5.41, 5.74) is 3.46. The number of amides is 1. The summed E-state index contributed by atoms with van der Waals surface area (Å²) < 4.78 is 5.12. The summed E-state index contributed by atoms with van der Waals surface area (Å²) in [5, 5.41) is 9.61. The Morgan fingerprint density at radius 1 is 1.25 bits per heavy atom. The zero-order valence-electron chi connectivity index (χ0n) is 15.0. The van der Waals surface area contributed by atoms with Crippen molar-refractivity contribution in [1.82, 2.24) is 4.90 Å². The molecule has 1 aliphatic heterocycles. The van der Waals surface area contributed by atoms with Gasteiger partial charge in [0.25, 0.3) is 0 Å². The molecule has 5 heteroatoms. The molecule has 2 rings (SSSR count). The molecule has 1 N–H and O–H groups in total. The molecule has 1 saturated heterocycles. The smallest absolute Gasteiger partial charge is 0.313 e. The molecule has 0 bridgehead atoms. The lowest BCUT2D eigenvalue weighted by atomic mass is 9.80. The van der Waals surface area contributed by atoms with Crippen LogP contribution >= 0.6 is 0 Å². The molecular formula is C19H27NO4. The highest BCUT2D eigenvalue weighted by Gasteiger charge is 2.43. The summed E-state index contributed by atoms with van der Waals surface area (Å²) in [6, 6.07) is 4.16. The molecule has 0 radical (unpaired) electrons. The van der Waals surface area contributed by atoms with Gasteiger partial charge in [0.15, 0.2) is 0 Å². The standard InChI is InChI=1S/C19H27NO4/c1-13-8-14(2)16(15(3)9-13)10-17(21)20-7-5-6-19(11-20,12-24-4)18(22)23/h8-9H,5-7,10-12H2,1-4H3,(H,22,23). The van der Waals surface area contributed by atoms with E-state index in [1.807, 2.05) is 20.8 Å². The lowest BCUT2D eigenvalue weighted by Crippen LogP contribution is -2.52. The minimum absolute atomic E-state index is 0.00789. The predicted octanol–water partition coefficient (Wildman–Crippen LogP) is 2.49. The van der Waals surface area contributed by atoms with Gasteiger partial charge < -0.3 is 14.7 Å². The van der Waals surface area contributed by atoms with Gasteiger partial charge in [-0.15, -0.1) is 0 Å². The van der Waals surface area contributed by atoms with Gasteiger partial charge in [-0.1, -0.05) is 17.7 Å². The maximum absolute atomic E-state index is 12.8. The number of aryl methyl sites for hydroxylation is 3. The molecule has 1 unspecified atom stereocenters. The molecule has 1 heterocycles. The fourth-order valence-electron chi connectivity index (χ4n) is 3.73. The Balaban J connectivity index is 2.17. The van der Waals surface area contributed by atoms with Gasteiger partial charge in [-0.25, -0.2) is 0 Å². The average molecular weight is 333 g/mol. The van der Waals surface area contributed by atoms with E-state index < -0.39 is 11.4 Å². The van der Waals surface area contributed by atoms with Crippen LogP contribution < -0.4 is 0 Å². The highest BCUT2D eigenvalue weighted by molar-refractivity contribution is 5.82. The fourth-order valence-corrected chi connectivity index (χ4v) is 3.73. The van der Waals surface area contributed by atoms with Crippen molar-refractivity contribution in [3.8, 4) is 0 Å². The van der Waals surface area contributed by atoms with Crippen LogP contribution in [-0.2, 0) is 20.7 Å². The van der Waals surface area contributed by atoms with Crippen molar-refractivity contribution in [2.45, 2.75) is 40.0 Å². The maximum Gasteiger partial charge on any atom is 0.313 e. The van der Waals surface area contributed by atoms with Gasteiger partial charge in [0.05, 0.1) is 13.0 Å². The van der Waals surface area contributed by atoms with Gasteiger partial charge in [0.2, 0.25) is 5.91 Å². The minimum Gasteiger partial charge on any atom is -0.481 e. The molecule has 1 aromatic carbocycles. The van der Waals surface area contributed by atoms with Gasteiger partial charge in [-0.05, 0) is 50.3 Å². The zero-order chi connectivity index (χ0) is 17.9. The molecule has 0 spiro atoms. The van der Waals surface area contributed by atoms with E-state index in [4.69, 9.17) is 4.74 Å². The van der Waals surface area contributed by atoms with Crippen molar-refractivity contribution >= 4 is 11.9 Å². The molecule has 1 atom stereocenters. The van der Waals surface area contributed by atoms with Gasteiger partial charge in [0, 0.05) is 20.2 Å². The molecule has 1 aromatic rings. The summed E-state index contributed by atoms with van der Waals surface area (Å²) in [7, 11) is 1.50. The Bertz CT molecular complexity index is 613. The number of hydrogen-bond donors (Lipinski definition) is 1. The molecule has 0 aliphatic carbocycles. The van der Waals surface area contributed by atoms with Crippen molar-refractivity contribution in [1.29, 1.82) is 0 Å². The summed E-state index contributed by atoms with van der Waals surface area (Å²) >= 11 is 0. The average Bonchev–Trinajstić information content (AvgIpc) is 2.51. The molecule has 0 saturated carbocycles. The van der Waals surface area contributed by atoms with Crippen LogP contribution in [0.1, 0.15) is 35.1 Å². The number of carboxylic acid groups (broad SMARTS) is 1. The number of likely N-dealkylation sites (tertiary alicyclic amines) is 1. The lowest BCUT2D eigenvalue weighted by molar-refractivity contribution is -0.159. The Labute approximate surface area is 143 Å². The van der Waals surface area contributed by atoms with Gasteiger partial charge in [-0.3, -0.25) is 9.59 Å². The first-order chi connectivity index (χ1) is 11.3. The van der Waals surface area contributed by atoms with Crippen molar-refractivity contribution in [3.05, 3.63) is 34.4 Å². The number of methoxy groups -OCH3 is 1. The van der Waals surface area contributed by atoms with E-state index in [0.29, 0.717) is 25.8 Å². The summed E-state index contributed by atoms with van der Waals surface area (Å²) in [6.45, 7) is 7.05. The van der Waals surface area contributed by atoms with Gasteiger partial charge in [0.1, 0.15) is 5.41 Å². The Morgan fingerprint density at radius 3 is 2.42 bits per heavy atom. The SMILES string of the molecule is COCC1(C(=O)O)CCCN(C(=O)Cc2c(C)cc(C)cc2C)C1. The van der Waals surface area contributed by atoms with Crippen LogP contribution in [0.25, 0.3) is 0 Å². The van der Waals surface area contributed by atoms with E-state index in [9.17, 15) is 14.7 Å². The third-order valence-corrected chi connectivity index (χ3v) is 4.97. The number of carbonyl (C=O) groups is 2. The van der Waals surface area contributed by atoms with Crippen molar-refractivity contribution in [2.24, 2.45) is 5.41 Å². The molecule has 0 aromatic heterocycles. The molecular weight excluding hydrogens is 306 g/mol. The quantitative estimate of drug-likeness (QED) is 0.899. The third-order valence-electron chi connectivity index (χ3n) is 4.97. The normalized spacial score (nSPS) is 20.9. The van der Waals surface area contributed by atoms with Crippen LogP contribution in [0.3, 0.4) is 0 Å². The number of benzene rings is 1. The largest absolute Gasteiger partial charge is 0.481 e.